The van der Waals surface area contributed by atoms with Crippen LogP contribution in [0.25, 0.3) is 11.3 Å². The SMILES string of the molecule is CC(CNC(=O)CCc1ncc(-c2ccc(F)cc2F)o1)CC(=O)O. The first-order valence-electron chi connectivity index (χ1n) is 7.73. The first-order valence-corrected chi connectivity index (χ1v) is 7.73. The van der Waals surface area contributed by atoms with Crippen LogP contribution in [0, 0.1) is 17.6 Å². The number of rotatable bonds is 8. The van der Waals surface area contributed by atoms with E-state index in [2.05, 4.69) is 10.3 Å². The molecule has 2 N–H and O–H groups in total. The molecule has 1 amide bonds. The first kappa shape index (κ1) is 18.6. The van der Waals surface area contributed by atoms with E-state index in [4.69, 9.17) is 9.52 Å². The fourth-order valence-corrected chi connectivity index (χ4v) is 2.21. The van der Waals surface area contributed by atoms with Crippen LogP contribution in [0.2, 0.25) is 0 Å². The van der Waals surface area contributed by atoms with E-state index in [1.54, 1.807) is 6.92 Å². The molecule has 1 unspecified atom stereocenters. The van der Waals surface area contributed by atoms with Gasteiger partial charge in [-0.1, -0.05) is 6.92 Å². The summed E-state index contributed by atoms with van der Waals surface area (Å²) in [5.41, 5.74) is 0.0899. The number of benzene rings is 1. The summed E-state index contributed by atoms with van der Waals surface area (Å²) >= 11 is 0. The number of halogens is 2. The lowest BCUT2D eigenvalue weighted by atomic mass is 10.1. The van der Waals surface area contributed by atoms with Gasteiger partial charge in [0.15, 0.2) is 11.7 Å². The quantitative estimate of drug-likeness (QED) is 0.762. The normalized spacial score (nSPS) is 12.0. The third-order valence-corrected chi connectivity index (χ3v) is 3.49. The van der Waals surface area contributed by atoms with Gasteiger partial charge in [-0.2, -0.15) is 0 Å². The Morgan fingerprint density at radius 1 is 1.36 bits per heavy atom. The molecule has 2 rings (SSSR count). The summed E-state index contributed by atoms with van der Waals surface area (Å²) in [7, 11) is 0. The number of nitrogens with zero attached hydrogens (tertiary/aromatic N) is 1. The lowest BCUT2D eigenvalue weighted by Crippen LogP contribution is -2.29. The number of carboxylic acids is 1. The van der Waals surface area contributed by atoms with Gasteiger partial charge in [0.1, 0.15) is 11.6 Å². The number of aryl methyl sites for hydroxylation is 1. The molecular formula is C17H18F2N2O4. The average molecular weight is 352 g/mol. The molecule has 0 aliphatic heterocycles. The second-order valence-corrected chi connectivity index (χ2v) is 5.75. The van der Waals surface area contributed by atoms with Crippen molar-refractivity contribution in [1.82, 2.24) is 10.3 Å². The summed E-state index contributed by atoms with van der Waals surface area (Å²) in [6.45, 7) is 1.99. The minimum Gasteiger partial charge on any atom is -0.481 e. The lowest BCUT2D eigenvalue weighted by molar-refractivity contribution is -0.138. The van der Waals surface area contributed by atoms with Crippen LogP contribution in [0.1, 0.15) is 25.7 Å². The average Bonchev–Trinajstić information content (AvgIpc) is 2.99. The van der Waals surface area contributed by atoms with Crippen molar-refractivity contribution < 1.29 is 27.9 Å². The van der Waals surface area contributed by atoms with Crippen LogP contribution in [0.4, 0.5) is 8.78 Å². The minimum absolute atomic E-state index is 0.0212. The minimum atomic E-state index is -0.915. The third kappa shape index (κ3) is 5.66. The molecule has 0 saturated heterocycles. The Morgan fingerprint density at radius 3 is 2.80 bits per heavy atom. The predicted octanol–water partition coefficient (Wildman–Crippen LogP) is 2.78. The standard InChI is InChI=1S/C17H18F2N2O4/c1-10(6-17(23)24)8-20-15(22)4-5-16-21-9-14(25-16)12-3-2-11(18)7-13(12)19/h2-3,7,9-10H,4-6,8H2,1H3,(H,20,22)(H,23,24). The molecule has 8 heteroatoms. The maximum atomic E-state index is 13.7. The maximum absolute atomic E-state index is 13.7. The van der Waals surface area contributed by atoms with E-state index < -0.39 is 17.6 Å². The molecule has 25 heavy (non-hydrogen) atoms. The van der Waals surface area contributed by atoms with Crippen molar-refractivity contribution in [2.24, 2.45) is 5.92 Å². The van der Waals surface area contributed by atoms with Gasteiger partial charge in [-0.05, 0) is 18.1 Å². The Balaban J connectivity index is 1.85. The fraction of sp³-hybridized carbons (Fsp3) is 0.353. The topological polar surface area (TPSA) is 92.4 Å². The summed E-state index contributed by atoms with van der Waals surface area (Å²) in [6.07, 6.45) is 1.61. The number of hydrogen-bond donors (Lipinski definition) is 2. The monoisotopic (exact) mass is 352 g/mol. The van der Waals surface area contributed by atoms with E-state index in [0.717, 1.165) is 12.1 Å². The van der Waals surface area contributed by atoms with E-state index >= 15 is 0 Å². The Morgan fingerprint density at radius 2 is 2.12 bits per heavy atom. The van der Waals surface area contributed by atoms with Crippen LogP contribution < -0.4 is 5.32 Å². The second kappa shape index (κ2) is 8.36. The number of nitrogens with one attached hydrogen (secondary N) is 1. The summed E-state index contributed by atoms with van der Waals surface area (Å²) in [5, 5.41) is 11.3. The third-order valence-electron chi connectivity index (χ3n) is 3.49. The van der Waals surface area contributed by atoms with Crippen molar-refractivity contribution in [3.8, 4) is 11.3 Å². The van der Waals surface area contributed by atoms with Crippen molar-refractivity contribution in [3.05, 3.63) is 41.9 Å². The van der Waals surface area contributed by atoms with Crippen molar-refractivity contribution in [1.29, 1.82) is 0 Å². The van der Waals surface area contributed by atoms with Gasteiger partial charge in [0.25, 0.3) is 0 Å². The number of aromatic nitrogens is 1. The zero-order valence-corrected chi connectivity index (χ0v) is 13.6. The largest absolute Gasteiger partial charge is 0.481 e. The molecule has 1 atom stereocenters. The number of carboxylic acid groups (broad SMARTS) is 1. The molecule has 0 aliphatic carbocycles. The number of carbonyl (C=O) groups excluding carboxylic acids is 1. The molecule has 1 aromatic carbocycles. The number of aliphatic carboxylic acids is 1. The predicted molar refractivity (Wildman–Crippen MR) is 84.6 cm³/mol. The highest BCUT2D eigenvalue weighted by Gasteiger charge is 2.14. The van der Waals surface area contributed by atoms with E-state index in [0.29, 0.717) is 0 Å². The molecular weight excluding hydrogens is 334 g/mol. The number of carbonyl (C=O) groups is 2. The molecule has 0 radical (unpaired) electrons. The Bertz CT molecular complexity index is 761. The summed E-state index contributed by atoms with van der Waals surface area (Å²) in [5.74, 6) is -2.37. The van der Waals surface area contributed by atoms with Gasteiger partial charge in [-0.3, -0.25) is 9.59 Å². The van der Waals surface area contributed by atoms with Gasteiger partial charge in [-0.25, -0.2) is 13.8 Å². The Kier molecular flexibility index (Phi) is 6.21. The van der Waals surface area contributed by atoms with Gasteiger partial charge in [0.05, 0.1) is 11.8 Å². The Hall–Kier alpha value is -2.77. The van der Waals surface area contributed by atoms with Crippen LogP contribution in [0.15, 0.2) is 28.8 Å². The van der Waals surface area contributed by atoms with E-state index in [-0.39, 0.29) is 54.8 Å². The molecule has 1 heterocycles. The highest BCUT2D eigenvalue weighted by molar-refractivity contribution is 5.76. The van der Waals surface area contributed by atoms with Gasteiger partial charge < -0.3 is 14.8 Å². The van der Waals surface area contributed by atoms with Gasteiger partial charge in [0, 0.05) is 31.9 Å². The zero-order chi connectivity index (χ0) is 18.4. The van der Waals surface area contributed by atoms with Crippen LogP contribution in [0.3, 0.4) is 0 Å². The molecule has 0 saturated carbocycles. The Labute approximate surface area is 142 Å². The van der Waals surface area contributed by atoms with Gasteiger partial charge in [-0.15, -0.1) is 0 Å². The van der Waals surface area contributed by atoms with E-state index in [1.165, 1.54) is 12.3 Å². The highest BCUT2D eigenvalue weighted by atomic mass is 19.1. The fourth-order valence-electron chi connectivity index (χ4n) is 2.21. The highest BCUT2D eigenvalue weighted by Crippen LogP contribution is 2.24. The first-order chi connectivity index (χ1) is 11.8. The molecule has 0 aliphatic rings. The van der Waals surface area contributed by atoms with Gasteiger partial charge >= 0.3 is 5.97 Å². The lowest BCUT2D eigenvalue weighted by Gasteiger charge is -2.09. The van der Waals surface area contributed by atoms with Gasteiger partial charge in [0.2, 0.25) is 5.91 Å². The number of amides is 1. The van der Waals surface area contributed by atoms with Crippen LogP contribution in [-0.4, -0.2) is 28.5 Å². The number of hydrogen-bond acceptors (Lipinski definition) is 4. The molecule has 134 valence electrons. The number of oxazole rings is 1. The van der Waals surface area contributed by atoms with Crippen molar-refractivity contribution in [2.45, 2.75) is 26.2 Å². The van der Waals surface area contributed by atoms with Crippen LogP contribution in [-0.2, 0) is 16.0 Å². The smallest absolute Gasteiger partial charge is 0.303 e. The van der Waals surface area contributed by atoms with Crippen molar-refractivity contribution >= 4 is 11.9 Å². The second-order valence-electron chi connectivity index (χ2n) is 5.75. The zero-order valence-electron chi connectivity index (χ0n) is 13.6. The van der Waals surface area contributed by atoms with E-state index in [9.17, 15) is 18.4 Å². The summed E-state index contributed by atoms with van der Waals surface area (Å²) < 4.78 is 32.0. The van der Waals surface area contributed by atoms with Crippen molar-refractivity contribution in [2.75, 3.05) is 6.54 Å². The molecule has 1 aromatic heterocycles. The summed E-state index contributed by atoms with van der Waals surface area (Å²) in [6, 6.07) is 3.13. The van der Waals surface area contributed by atoms with E-state index in [1.807, 2.05) is 0 Å². The molecule has 0 fully saturated rings. The molecule has 0 bridgehead atoms. The molecule has 6 nitrogen and oxygen atoms in total. The molecule has 0 spiro atoms. The maximum Gasteiger partial charge on any atom is 0.303 e. The van der Waals surface area contributed by atoms with Crippen molar-refractivity contribution in [3.63, 3.8) is 0 Å². The van der Waals surface area contributed by atoms with Crippen LogP contribution in [0.5, 0.6) is 0 Å². The summed E-state index contributed by atoms with van der Waals surface area (Å²) in [4.78, 5) is 26.3. The molecule has 2 aromatic rings. The van der Waals surface area contributed by atoms with Crippen LogP contribution >= 0.6 is 0 Å².